The number of likely N-dealkylation sites (tertiary alicyclic amines) is 1. The zero-order valence-corrected chi connectivity index (χ0v) is 12.9. The second-order valence-electron chi connectivity index (χ2n) is 5.54. The van der Waals surface area contributed by atoms with Gasteiger partial charge in [0.2, 0.25) is 0 Å². The smallest absolute Gasteiger partial charge is 0.273 e. The highest BCUT2D eigenvalue weighted by atomic mass is 35.5. The van der Waals surface area contributed by atoms with E-state index in [9.17, 15) is 14.3 Å². The number of hydrogen-bond acceptors (Lipinski definition) is 4. The first-order valence-corrected chi connectivity index (χ1v) is 7.44. The van der Waals surface area contributed by atoms with Crippen LogP contribution in [0.5, 0.6) is 5.75 Å². The number of rotatable bonds is 4. The quantitative estimate of drug-likeness (QED) is 0.891. The average Bonchev–Trinajstić information content (AvgIpc) is 3.12. The van der Waals surface area contributed by atoms with Crippen LogP contribution in [-0.2, 0) is 0 Å². The highest BCUT2D eigenvalue weighted by Gasteiger charge is 2.40. The van der Waals surface area contributed by atoms with Gasteiger partial charge in [0, 0.05) is 12.6 Å². The molecular formula is C15H15ClFN3O3. The summed E-state index contributed by atoms with van der Waals surface area (Å²) in [4.78, 5) is 13.8. The molecule has 2 heterocycles. The summed E-state index contributed by atoms with van der Waals surface area (Å²) < 4.78 is 18.6. The number of aromatic amines is 1. The predicted molar refractivity (Wildman–Crippen MR) is 81.0 cm³/mol. The maximum absolute atomic E-state index is 13.1. The van der Waals surface area contributed by atoms with Crippen molar-refractivity contribution < 1.29 is 19.0 Å². The van der Waals surface area contributed by atoms with E-state index in [0.29, 0.717) is 18.7 Å². The predicted octanol–water partition coefficient (Wildman–Crippen LogP) is 1.86. The van der Waals surface area contributed by atoms with E-state index in [2.05, 4.69) is 10.2 Å². The van der Waals surface area contributed by atoms with Crippen molar-refractivity contribution in [2.24, 2.45) is 0 Å². The number of aliphatic hydroxyl groups is 1. The lowest BCUT2D eigenvalue weighted by Crippen LogP contribution is -2.40. The number of amides is 1. The van der Waals surface area contributed by atoms with Gasteiger partial charge in [-0.25, -0.2) is 4.39 Å². The highest BCUT2D eigenvalue weighted by molar-refractivity contribution is 6.33. The molecule has 1 aliphatic heterocycles. The molecule has 23 heavy (non-hydrogen) atoms. The zero-order chi connectivity index (χ0) is 16.4. The third-order valence-electron chi connectivity index (χ3n) is 3.73. The fraction of sp³-hybridized carbons (Fsp3) is 0.333. The van der Waals surface area contributed by atoms with Gasteiger partial charge in [0.1, 0.15) is 29.5 Å². The topological polar surface area (TPSA) is 78.5 Å². The number of nitrogens with zero attached hydrogens (tertiary/aromatic N) is 2. The normalized spacial score (nSPS) is 20.7. The molecule has 1 atom stereocenters. The Morgan fingerprint density at radius 1 is 1.57 bits per heavy atom. The Hall–Kier alpha value is -2.12. The van der Waals surface area contributed by atoms with Crippen LogP contribution < -0.4 is 4.74 Å². The number of ether oxygens (including phenoxy) is 1. The van der Waals surface area contributed by atoms with Crippen molar-refractivity contribution in [3.63, 3.8) is 0 Å². The second kappa shape index (κ2) is 6.17. The van der Waals surface area contributed by atoms with E-state index >= 15 is 0 Å². The zero-order valence-electron chi connectivity index (χ0n) is 12.1. The highest BCUT2D eigenvalue weighted by Crippen LogP contribution is 2.25. The first-order valence-electron chi connectivity index (χ1n) is 7.06. The number of β-amino-alcohol motifs (C(OH)–C–C–N with tert-alkyl or cyclic N) is 1. The summed E-state index contributed by atoms with van der Waals surface area (Å²) in [7, 11) is 0. The van der Waals surface area contributed by atoms with Gasteiger partial charge in [-0.3, -0.25) is 9.89 Å². The Labute approximate surface area is 136 Å². The van der Waals surface area contributed by atoms with Crippen molar-refractivity contribution in [2.45, 2.75) is 12.0 Å². The molecule has 0 spiro atoms. The van der Waals surface area contributed by atoms with Crippen LogP contribution in [0.2, 0.25) is 5.02 Å². The van der Waals surface area contributed by atoms with Crippen molar-refractivity contribution in [1.82, 2.24) is 15.1 Å². The standard InChI is InChI=1S/C15H15ClFN3O3/c16-12-7-18-19-13(12)14(21)20-5-4-15(22,8-20)9-23-11-3-1-2-10(17)6-11/h1-3,6-7,22H,4-5,8-9H2,(H,18,19)/t15-/m0/s1. The number of carbonyl (C=O) groups is 1. The lowest BCUT2D eigenvalue weighted by molar-refractivity contribution is 0.00417. The average molecular weight is 340 g/mol. The number of hydrogen-bond donors (Lipinski definition) is 2. The molecule has 2 aromatic rings. The molecule has 2 N–H and O–H groups in total. The molecule has 0 saturated carbocycles. The van der Waals surface area contributed by atoms with Gasteiger partial charge in [0.15, 0.2) is 0 Å². The Kier molecular flexibility index (Phi) is 4.23. The Balaban J connectivity index is 1.62. The van der Waals surface area contributed by atoms with Gasteiger partial charge >= 0.3 is 0 Å². The van der Waals surface area contributed by atoms with Gasteiger partial charge in [-0.15, -0.1) is 0 Å². The second-order valence-corrected chi connectivity index (χ2v) is 5.95. The molecule has 1 aromatic heterocycles. The van der Waals surface area contributed by atoms with Gasteiger partial charge in [0.25, 0.3) is 5.91 Å². The molecule has 0 bridgehead atoms. The number of aromatic nitrogens is 2. The minimum atomic E-state index is -1.19. The van der Waals surface area contributed by atoms with E-state index in [0.717, 1.165) is 0 Å². The minimum Gasteiger partial charge on any atom is -0.490 e. The summed E-state index contributed by atoms with van der Waals surface area (Å²) in [6, 6.07) is 5.69. The molecule has 1 fully saturated rings. The summed E-state index contributed by atoms with van der Waals surface area (Å²) in [5.41, 5.74) is -0.990. The molecule has 0 radical (unpaired) electrons. The number of nitrogens with one attached hydrogen (secondary N) is 1. The van der Waals surface area contributed by atoms with Crippen LogP contribution in [0.4, 0.5) is 4.39 Å². The Morgan fingerprint density at radius 2 is 2.39 bits per heavy atom. The molecule has 1 aromatic carbocycles. The lowest BCUT2D eigenvalue weighted by Gasteiger charge is -2.23. The van der Waals surface area contributed by atoms with E-state index in [-0.39, 0.29) is 29.8 Å². The number of benzene rings is 1. The van der Waals surface area contributed by atoms with Crippen LogP contribution in [0.15, 0.2) is 30.5 Å². The van der Waals surface area contributed by atoms with Crippen molar-refractivity contribution in [3.8, 4) is 5.75 Å². The van der Waals surface area contributed by atoms with Gasteiger partial charge in [-0.1, -0.05) is 17.7 Å². The first-order chi connectivity index (χ1) is 11.0. The Morgan fingerprint density at radius 3 is 3.09 bits per heavy atom. The fourth-order valence-corrected chi connectivity index (χ4v) is 2.67. The molecule has 3 rings (SSSR count). The van der Waals surface area contributed by atoms with Crippen LogP contribution in [-0.4, -0.2) is 51.4 Å². The van der Waals surface area contributed by atoms with Crippen LogP contribution in [0.1, 0.15) is 16.9 Å². The number of halogens is 2. The number of carbonyl (C=O) groups excluding carboxylic acids is 1. The van der Waals surface area contributed by atoms with Crippen molar-refractivity contribution in [1.29, 1.82) is 0 Å². The van der Waals surface area contributed by atoms with E-state index in [1.54, 1.807) is 6.07 Å². The number of H-pyrrole nitrogens is 1. The molecule has 0 unspecified atom stereocenters. The van der Waals surface area contributed by atoms with Crippen LogP contribution in [0, 0.1) is 5.82 Å². The first kappa shape index (κ1) is 15.8. The molecule has 0 aliphatic carbocycles. The van der Waals surface area contributed by atoms with Gasteiger partial charge in [0.05, 0.1) is 17.8 Å². The molecule has 1 amide bonds. The fourth-order valence-electron chi connectivity index (χ4n) is 2.50. The van der Waals surface area contributed by atoms with Gasteiger partial charge < -0.3 is 14.7 Å². The van der Waals surface area contributed by atoms with Gasteiger partial charge in [-0.2, -0.15) is 5.10 Å². The monoisotopic (exact) mass is 339 g/mol. The molecule has 1 aliphatic rings. The van der Waals surface area contributed by atoms with Crippen LogP contribution in [0.25, 0.3) is 0 Å². The van der Waals surface area contributed by atoms with Gasteiger partial charge in [-0.05, 0) is 18.6 Å². The van der Waals surface area contributed by atoms with E-state index in [1.165, 1.54) is 29.3 Å². The third-order valence-corrected chi connectivity index (χ3v) is 4.02. The molecular weight excluding hydrogens is 325 g/mol. The largest absolute Gasteiger partial charge is 0.490 e. The van der Waals surface area contributed by atoms with E-state index < -0.39 is 11.4 Å². The van der Waals surface area contributed by atoms with Crippen LogP contribution >= 0.6 is 11.6 Å². The molecule has 6 nitrogen and oxygen atoms in total. The SMILES string of the molecule is O=C(c1[nH]ncc1Cl)N1CC[C@@](O)(COc2cccc(F)c2)C1. The lowest BCUT2D eigenvalue weighted by atomic mass is 10.1. The summed E-state index contributed by atoms with van der Waals surface area (Å²) in [5, 5.41) is 17.0. The molecule has 8 heteroatoms. The summed E-state index contributed by atoms with van der Waals surface area (Å²) in [5.74, 6) is -0.402. The summed E-state index contributed by atoms with van der Waals surface area (Å²) in [6.45, 7) is 0.449. The van der Waals surface area contributed by atoms with E-state index in [1.807, 2.05) is 0 Å². The minimum absolute atomic E-state index is 0.0308. The van der Waals surface area contributed by atoms with Crippen molar-refractivity contribution in [3.05, 3.63) is 47.0 Å². The maximum Gasteiger partial charge on any atom is 0.273 e. The third kappa shape index (κ3) is 3.46. The van der Waals surface area contributed by atoms with E-state index in [4.69, 9.17) is 16.3 Å². The molecule has 1 saturated heterocycles. The van der Waals surface area contributed by atoms with Crippen molar-refractivity contribution >= 4 is 17.5 Å². The Bertz CT molecular complexity index is 723. The van der Waals surface area contributed by atoms with Crippen molar-refractivity contribution in [2.75, 3.05) is 19.7 Å². The van der Waals surface area contributed by atoms with Crippen LogP contribution in [0.3, 0.4) is 0 Å². The summed E-state index contributed by atoms with van der Waals surface area (Å²) >= 11 is 5.88. The molecule has 122 valence electrons. The maximum atomic E-state index is 13.1. The summed E-state index contributed by atoms with van der Waals surface area (Å²) in [6.07, 6.45) is 1.71.